The largest absolute Gasteiger partial charge is 0.503 e. The molecule has 0 atom stereocenters. The van der Waals surface area contributed by atoms with Crippen molar-refractivity contribution >= 4 is 39.2 Å². The first-order valence-corrected chi connectivity index (χ1v) is 7.96. The number of halogens is 1. The molecule has 114 valence electrons. The average Bonchev–Trinajstić information content (AvgIpc) is 2.55. The maximum absolute atomic E-state index is 12.0. The summed E-state index contributed by atoms with van der Waals surface area (Å²) in [4.78, 5) is 17.2. The fraction of sp³-hybridized carbons (Fsp3) is 0.125. The van der Waals surface area contributed by atoms with E-state index in [0.717, 1.165) is 20.0 Å². The smallest absolute Gasteiger partial charge is 0.341 e. The SMILES string of the molecule is CO/C=C(/C(=O)OC)c1ccccc1Sc1ccc(Br)cn1. The van der Waals surface area contributed by atoms with Crippen LogP contribution in [-0.2, 0) is 14.3 Å². The third-order valence-electron chi connectivity index (χ3n) is 2.73. The molecule has 0 N–H and O–H groups in total. The molecule has 0 bridgehead atoms. The van der Waals surface area contributed by atoms with E-state index in [1.54, 1.807) is 6.20 Å². The number of hydrogen-bond acceptors (Lipinski definition) is 5. The molecule has 0 saturated carbocycles. The number of carbonyl (C=O) groups excluding carboxylic acids is 1. The highest BCUT2D eigenvalue weighted by Crippen LogP contribution is 2.33. The Morgan fingerprint density at radius 2 is 2.00 bits per heavy atom. The van der Waals surface area contributed by atoms with Crippen molar-refractivity contribution in [3.63, 3.8) is 0 Å². The first kappa shape index (κ1) is 16.6. The first-order chi connectivity index (χ1) is 10.7. The van der Waals surface area contributed by atoms with Gasteiger partial charge in [0.05, 0.1) is 20.5 Å². The maximum atomic E-state index is 12.0. The Balaban J connectivity index is 2.39. The lowest BCUT2D eigenvalue weighted by atomic mass is 10.1. The Morgan fingerprint density at radius 3 is 2.64 bits per heavy atom. The van der Waals surface area contributed by atoms with Crippen LogP contribution >= 0.6 is 27.7 Å². The monoisotopic (exact) mass is 379 g/mol. The van der Waals surface area contributed by atoms with Gasteiger partial charge in [0.25, 0.3) is 0 Å². The van der Waals surface area contributed by atoms with Crippen LogP contribution in [0.1, 0.15) is 5.56 Å². The van der Waals surface area contributed by atoms with Gasteiger partial charge in [-0.05, 0) is 34.1 Å². The van der Waals surface area contributed by atoms with Crippen molar-refractivity contribution in [2.45, 2.75) is 9.92 Å². The van der Waals surface area contributed by atoms with Crippen LogP contribution in [0, 0.1) is 0 Å². The number of benzene rings is 1. The predicted octanol–water partition coefficient (Wildman–Crippen LogP) is 4.16. The molecule has 0 aliphatic rings. The summed E-state index contributed by atoms with van der Waals surface area (Å²) in [5.74, 6) is -0.446. The second kappa shape index (κ2) is 8.00. The Labute approximate surface area is 141 Å². The van der Waals surface area contributed by atoms with Crippen molar-refractivity contribution in [1.82, 2.24) is 4.98 Å². The Bertz CT molecular complexity index is 686. The minimum Gasteiger partial charge on any atom is -0.503 e. The van der Waals surface area contributed by atoms with Crippen molar-refractivity contribution in [2.24, 2.45) is 0 Å². The number of rotatable bonds is 5. The van der Waals surface area contributed by atoms with Gasteiger partial charge in [0.15, 0.2) is 0 Å². The van der Waals surface area contributed by atoms with Crippen LogP contribution in [0.5, 0.6) is 0 Å². The summed E-state index contributed by atoms with van der Waals surface area (Å²) in [5.41, 5.74) is 1.11. The summed E-state index contributed by atoms with van der Waals surface area (Å²) in [6.07, 6.45) is 3.12. The predicted molar refractivity (Wildman–Crippen MR) is 89.5 cm³/mol. The molecular weight excluding hydrogens is 366 g/mol. The third-order valence-corrected chi connectivity index (χ3v) is 4.23. The number of methoxy groups -OCH3 is 2. The fourth-order valence-corrected chi connectivity index (χ4v) is 2.90. The molecule has 0 unspecified atom stereocenters. The van der Waals surface area contributed by atoms with E-state index in [1.807, 2.05) is 36.4 Å². The van der Waals surface area contributed by atoms with Gasteiger partial charge in [-0.3, -0.25) is 0 Å². The molecule has 0 amide bonds. The zero-order valence-electron chi connectivity index (χ0n) is 12.1. The quantitative estimate of drug-likeness (QED) is 0.443. The van der Waals surface area contributed by atoms with E-state index < -0.39 is 5.97 Å². The molecule has 22 heavy (non-hydrogen) atoms. The molecular formula is C16H14BrNO3S. The molecule has 2 rings (SSSR count). The van der Waals surface area contributed by atoms with Crippen molar-refractivity contribution in [3.8, 4) is 0 Å². The van der Waals surface area contributed by atoms with Gasteiger partial charge in [0.2, 0.25) is 0 Å². The number of nitrogens with zero attached hydrogens (tertiary/aromatic N) is 1. The van der Waals surface area contributed by atoms with Gasteiger partial charge in [0.1, 0.15) is 10.6 Å². The Morgan fingerprint density at radius 1 is 1.23 bits per heavy atom. The number of pyridine rings is 1. The Kier molecular flexibility index (Phi) is 6.03. The van der Waals surface area contributed by atoms with E-state index in [2.05, 4.69) is 20.9 Å². The summed E-state index contributed by atoms with van der Waals surface area (Å²) in [5, 5.41) is 0.831. The van der Waals surface area contributed by atoms with Gasteiger partial charge >= 0.3 is 5.97 Å². The van der Waals surface area contributed by atoms with E-state index in [1.165, 1.54) is 32.2 Å². The molecule has 6 heteroatoms. The zero-order valence-corrected chi connectivity index (χ0v) is 14.5. The maximum Gasteiger partial charge on any atom is 0.341 e. The van der Waals surface area contributed by atoms with E-state index in [9.17, 15) is 4.79 Å². The summed E-state index contributed by atoms with van der Waals surface area (Å²) in [6, 6.07) is 11.4. The lowest BCUT2D eigenvalue weighted by Crippen LogP contribution is -2.05. The van der Waals surface area contributed by atoms with Crippen LogP contribution < -0.4 is 0 Å². The highest BCUT2D eigenvalue weighted by molar-refractivity contribution is 9.10. The van der Waals surface area contributed by atoms with E-state index >= 15 is 0 Å². The first-order valence-electron chi connectivity index (χ1n) is 6.35. The molecule has 2 aromatic rings. The van der Waals surface area contributed by atoms with E-state index in [4.69, 9.17) is 9.47 Å². The third kappa shape index (κ3) is 4.11. The summed E-state index contributed by atoms with van der Waals surface area (Å²) < 4.78 is 10.7. The second-order valence-electron chi connectivity index (χ2n) is 4.17. The molecule has 0 radical (unpaired) electrons. The van der Waals surface area contributed by atoms with Crippen molar-refractivity contribution in [2.75, 3.05) is 14.2 Å². The molecule has 1 heterocycles. The van der Waals surface area contributed by atoms with Gasteiger partial charge in [-0.25, -0.2) is 9.78 Å². The van der Waals surface area contributed by atoms with Gasteiger partial charge in [-0.1, -0.05) is 30.0 Å². The summed E-state index contributed by atoms with van der Waals surface area (Å²) in [7, 11) is 2.84. The number of esters is 1. The van der Waals surface area contributed by atoms with Crippen LogP contribution in [-0.4, -0.2) is 25.2 Å². The number of carbonyl (C=O) groups is 1. The molecule has 0 saturated heterocycles. The number of ether oxygens (including phenoxy) is 2. The summed E-state index contributed by atoms with van der Waals surface area (Å²) >= 11 is 4.83. The van der Waals surface area contributed by atoms with Crippen molar-refractivity contribution < 1.29 is 14.3 Å². The highest BCUT2D eigenvalue weighted by Gasteiger charge is 2.17. The molecule has 4 nitrogen and oxygen atoms in total. The fourth-order valence-electron chi connectivity index (χ4n) is 1.76. The summed E-state index contributed by atoms with van der Waals surface area (Å²) in [6.45, 7) is 0. The Hall–Kier alpha value is -1.79. The van der Waals surface area contributed by atoms with Gasteiger partial charge in [-0.15, -0.1) is 0 Å². The van der Waals surface area contributed by atoms with Crippen LogP contribution in [0.4, 0.5) is 0 Å². The van der Waals surface area contributed by atoms with Crippen LogP contribution in [0.3, 0.4) is 0 Å². The number of aromatic nitrogens is 1. The topological polar surface area (TPSA) is 48.4 Å². The lowest BCUT2D eigenvalue weighted by molar-refractivity contribution is -0.133. The minimum atomic E-state index is -0.446. The molecule has 0 fully saturated rings. The van der Waals surface area contributed by atoms with Crippen molar-refractivity contribution in [3.05, 3.63) is 58.9 Å². The van der Waals surface area contributed by atoms with E-state index in [-0.39, 0.29) is 0 Å². The highest BCUT2D eigenvalue weighted by atomic mass is 79.9. The second-order valence-corrected chi connectivity index (χ2v) is 6.15. The van der Waals surface area contributed by atoms with Crippen LogP contribution in [0.2, 0.25) is 0 Å². The van der Waals surface area contributed by atoms with Gasteiger partial charge in [-0.2, -0.15) is 0 Å². The van der Waals surface area contributed by atoms with Crippen LogP contribution in [0.15, 0.2) is 63.3 Å². The average molecular weight is 380 g/mol. The molecule has 1 aromatic carbocycles. The van der Waals surface area contributed by atoms with Gasteiger partial charge in [0, 0.05) is 21.1 Å². The van der Waals surface area contributed by atoms with Gasteiger partial charge < -0.3 is 9.47 Å². The minimum absolute atomic E-state index is 0.366. The number of hydrogen-bond donors (Lipinski definition) is 0. The zero-order chi connectivity index (χ0) is 15.9. The normalized spacial score (nSPS) is 11.1. The molecule has 0 aliphatic carbocycles. The molecule has 0 aliphatic heterocycles. The molecule has 0 spiro atoms. The standard InChI is InChI=1S/C16H14BrNO3S/c1-20-10-13(16(19)21-2)12-5-3-4-6-14(12)22-15-8-7-11(17)9-18-15/h3-10H,1-2H3/b13-10+. The molecule has 1 aromatic heterocycles. The van der Waals surface area contributed by atoms with Crippen LogP contribution in [0.25, 0.3) is 5.57 Å². The van der Waals surface area contributed by atoms with Crippen molar-refractivity contribution in [1.29, 1.82) is 0 Å². The lowest BCUT2D eigenvalue weighted by Gasteiger charge is -2.10. The van der Waals surface area contributed by atoms with E-state index in [0.29, 0.717) is 5.57 Å².